The van der Waals surface area contributed by atoms with Crippen molar-refractivity contribution in [1.29, 1.82) is 0 Å². The van der Waals surface area contributed by atoms with Crippen LogP contribution < -0.4 is 10.5 Å². The van der Waals surface area contributed by atoms with Crippen LogP contribution >= 0.6 is 11.3 Å². The van der Waals surface area contributed by atoms with Crippen LogP contribution in [0, 0.1) is 0 Å². The quantitative estimate of drug-likeness (QED) is 0.726. The van der Waals surface area contributed by atoms with Gasteiger partial charge in [-0.2, -0.15) is 0 Å². The van der Waals surface area contributed by atoms with Gasteiger partial charge in [-0.15, -0.1) is 11.3 Å². The highest BCUT2D eigenvalue weighted by Crippen LogP contribution is 2.41. The highest BCUT2D eigenvalue weighted by atomic mass is 32.2. The first-order chi connectivity index (χ1) is 8.92. The van der Waals surface area contributed by atoms with E-state index in [2.05, 4.69) is 0 Å². The van der Waals surface area contributed by atoms with Gasteiger partial charge in [0, 0.05) is 10.1 Å². The van der Waals surface area contributed by atoms with Crippen LogP contribution in [-0.4, -0.2) is 19.4 Å². The Kier molecular flexibility index (Phi) is 2.35. The molecule has 0 saturated carbocycles. The molecule has 6 nitrogen and oxygen atoms in total. The third-order valence-corrected chi connectivity index (χ3v) is 5.49. The van der Waals surface area contributed by atoms with E-state index in [1.54, 1.807) is 24.3 Å². The van der Waals surface area contributed by atoms with Crippen molar-refractivity contribution in [2.45, 2.75) is 4.90 Å². The highest BCUT2D eigenvalue weighted by Gasteiger charge is 2.35. The number of rotatable bonds is 1. The Bertz CT molecular complexity index is 849. The molecule has 0 unspecified atom stereocenters. The van der Waals surface area contributed by atoms with E-state index in [1.807, 2.05) is 4.72 Å². The molecule has 2 aromatic rings. The van der Waals surface area contributed by atoms with Crippen molar-refractivity contribution in [3.63, 3.8) is 0 Å². The van der Waals surface area contributed by atoms with E-state index in [9.17, 15) is 18.3 Å². The summed E-state index contributed by atoms with van der Waals surface area (Å²) in [6, 6.07) is 6.85. The average molecular weight is 296 g/mol. The Hall–Kier alpha value is -2.06. The summed E-state index contributed by atoms with van der Waals surface area (Å²) in [6.45, 7) is 0. The van der Waals surface area contributed by atoms with E-state index >= 15 is 0 Å². The Balaban J connectivity index is 2.47. The second-order valence-corrected chi connectivity index (χ2v) is 6.62. The molecular weight excluding hydrogens is 288 g/mol. The monoisotopic (exact) mass is 296 g/mol. The fourth-order valence-corrected chi connectivity index (χ4v) is 4.90. The molecule has 0 fully saturated rings. The summed E-state index contributed by atoms with van der Waals surface area (Å²) in [5.41, 5.74) is 4.55. The topological polar surface area (TPSA) is 109 Å². The van der Waals surface area contributed by atoms with Gasteiger partial charge in [0.15, 0.2) is 11.5 Å². The van der Waals surface area contributed by atoms with Crippen molar-refractivity contribution in [3.05, 3.63) is 34.8 Å². The van der Waals surface area contributed by atoms with Crippen molar-refractivity contribution >= 4 is 43.1 Å². The van der Waals surface area contributed by atoms with E-state index in [-0.39, 0.29) is 9.77 Å². The fraction of sp³-hybridized carbons (Fsp3) is 0. The minimum absolute atomic E-state index is 0.0180. The largest absolute Gasteiger partial charge is 0.504 e. The molecule has 1 aromatic heterocycles. The molecule has 98 valence electrons. The lowest BCUT2D eigenvalue weighted by Gasteiger charge is -2.16. The van der Waals surface area contributed by atoms with Gasteiger partial charge in [0.1, 0.15) is 4.90 Å². The van der Waals surface area contributed by atoms with Gasteiger partial charge >= 0.3 is 0 Å². The van der Waals surface area contributed by atoms with Crippen molar-refractivity contribution in [2.75, 3.05) is 0 Å². The van der Waals surface area contributed by atoms with Crippen LogP contribution in [0.4, 0.5) is 0 Å². The first-order valence-corrected chi connectivity index (χ1v) is 7.49. The lowest BCUT2D eigenvalue weighted by molar-refractivity contribution is -0.114. The Morgan fingerprint density at radius 3 is 2.68 bits per heavy atom. The fourth-order valence-electron chi connectivity index (χ4n) is 1.96. The highest BCUT2D eigenvalue weighted by molar-refractivity contribution is 7.90. The number of hydrogen-bond donors (Lipinski definition) is 3. The smallest absolute Gasteiger partial charge is 0.269 e. The molecule has 0 bridgehead atoms. The second kappa shape index (κ2) is 3.72. The van der Waals surface area contributed by atoms with Crippen molar-refractivity contribution in [2.24, 2.45) is 5.73 Å². The zero-order chi connectivity index (χ0) is 13.8. The number of nitrogens with two attached hydrogens (primary N) is 1. The molecule has 1 aromatic carbocycles. The van der Waals surface area contributed by atoms with Crippen LogP contribution in [0.25, 0.3) is 15.8 Å². The number of sulfonamides is 1. The summed E-state index contributed by atoms with van der Waals surface area (Å²) in [5.74, 6) is -1.46. The van der Waals surface area contributed by atoms with Crippen LogP contribution in [-0.2, 0) is 14.8 Å². The molecule has 1 aliphatic heterocycles. The lowest BCUT2D eigenvalue weighted by Crippen LogP contribution is -2.35. The SMILES string of the molecule is NC(=O)C1=C(O)c2sc3ccccc3c2S(=O)(=O)N1. The van der Waals surface area contributed by atoms with E-state index in [0.717, 1.165) is 11.3 Å². The number of primary amides is 1. The maximum absolute atomic E-state index is 12.2. The third-order valence-electron chi connectivity index (χ3n) is 2.75. The second-order valence-electron chi connectivity index (χ2n) is 3.95. The van der Waals surface area contributed by atoms with E-state index in [0.29, 0.717) is 10.1 Å². The molecule has 4 N–H and O–H groups in total. The van der Waals surface area contributed by atoms with E-state index < -0.39 is 27.4 Å². The molecule has 0 radical (unpaired) electrons. The first kappa shape index (κ1) is 12.0. The summed E-state index contributed by atoms with van der Waals surface area (Å²) >= 11 is 1.10. The molecule has 19 heavy (non-hydrogen) atoms. The summed E-state index contributed by atoms with van der Waals surface area (Å²) in [6.07, 6.45) is 0. The van der Waals surface area contributed by atoms with Gasteiger partial charge in [-0.05, 0) is 6.07 Å². The maximum Gasteiger partial charge on any atom is 0.269 e. The van der Waals surface area contributed by atoms with Gasteiger partial charge in [0.05, 0.1) is 4.88 Å². The van der Waals surface area contributed by atoms with Gasteiger partial charge in [-0.25, -0.2) is 8.42 Å². The van der Waals surface area contributed by atoms with Gasteiger partial charge in [-0.1, -0.05) is 18.2 Å². The van der Waals surface area contributed by atoms with Crippen molar-refractivity contribution in [1.82, 2.24) is 4.72 Å². The van der Waals surface area contributed by atoms with Gasteiger partial charge in [0.25, 0.3) is 15.9 Å². The lowest BCUT2D eigenvalue weighted by atomic mass is 10.2. The molecule has 1 aliphatic rings. The number of nitrogens with one attached hydrogen (secondary N) is 1. The molecule has 8 heteroatoms. The molecule has 0 saturated heterocycles. The normalized spacial score (nSPS) is 17.1. The summed E-state index contributed by atoms with van der Waals surface area (Å²) in [5, 5.41) is 10.5. The molecular formula is C11H8N2O4S2. The van der Waals surface area contributed by atoms with Crippen LogP contribution in [0.1, 0.15) is 4.88 Å². The zero-order valence-electron chi connectivity index (χ0n) is 9.38. The number of carbonyl (C=O) groups excluding carboxylic acids is 1. The first-order valence-electron chi connectivity index (χ1n) is 5.19. The average Bonchev–Trinajstić information content (AvgIpc) is 2.74. The molecule has 3 rings (SSSR count). The minimum atomic E-state index is -3.91. The summed E-state index contributed by atoms with van der Waals surface area (Å²) in [4.78, 5) is 11.3. The van der Waals surface area contributed by atoms with Gasteiger partial charge in [-0.3, -0.25) is 9.52 Å². The van der Waals surface area contributed by atoms with Crippen LogP contribution in [0.2, 0.25) is 0 Å². The number of carbonyl (C=O) groups is 1. The predicted molar refractivity (Wildman–Crippen MR) is 70.9 cm³/mol. The van der Waals surface area contributed by atoms with Gasteiger partial charge < -0.3 is 10.8 Å². The molecule has 1 amide bonds. The molecule has 0 aliphatic carbocycles. The van der Waals surface area contributed by atoms with Crippen LogP contribution in [0.5, 0.6) is 0 Å². The Morgan fingerprint density at radius 2 is 2.00 bits per heavy atom. The Labute approximate surface area is 112 Å². The van der Waals surface area contributed by atoms with E-state index in [4.69, 9.17) is 5.73 Å². The molecule has 2 heterocycles. The van der Waals surface area contributed by atoms with Gasteiger partial charge in [0.2, 0.25) is 0 Å². The number of aliphatic hydroxyl groups is 1. The minimum Gasteiger partial charge on any atom is -0.504 e. The van der Waals surface area contributed by atoms with Crippen LogP contribution in [0.3, 0.4) is 0 Å². The third kappa shape index (κ3) is 1.60. The molecule has 0 atom stereocenters. The maximum atomic E-state index is 12.2. The number of hydrogen-bond acceptors (Lipinski definition) is 5. The number of amides is 1. The summed E-state index contributed by atoms with van der Waals surface area (Å²) in [7, 11) is -3.91. The van der Waals surface area contributed by atoms with Crippen molar-refractivity contribution in [3.8, 4) is 0 Å². The molecule has 0 spiro atoms. The van der Waals surface area contributed by atoms with E-state index in [1.165, 1.54) is 0 Å². The zero-order valence-corrected chi connectivity index (χ0v) is 11.0. The predicted octanol–water partition coefficient (Wildman–Crippen LogP) is 0.905. The number of benzene rings is 1. The van der Waals surface area contributed by atoms with Crippen LogP contribution in [0.15, 0.2) is 34.9 Å². The Morgan fingerprint density at radius 1 is 1.32 bits per heavy atom. The number of fused-ring (bicyclic) bond motifs is 3. The van der Waals surface area contributed by atoms with Crippen molar-refractivity contribution < 1.29 is 18.3 Å². The number of aliphatic hydroxyl groups excluding tert-OH is 1. The standard InChI is InChI=1S/C11H8N2O4S2/c12-11(15)7-8(14)9-10(19(16,17)13-7)5-3-1-2-4-6(5)18-9/h1-4,13-14H,(H2,12,15). The summed E-state index contributed by atoms with van der Waals surface area (Å²) < 4.78 is 27.0. The number of thiophene rings is 1.